The van der Waals surface area contributed by atoms with E-state index < -0.39 is 0 Å². The van der Waals surface area contributed by atoms with Gasteiger partial charge in [-0.05, 0) is 75.1 Å². The van der Waals surface area contributed by atoms with Crippen molar-refractivity contribution in [1.29, 1.82) is 0 Å². The van der Waals surface area contributed by atoms with Crippen LogP contribution >= 0.6 is 0 Å². The number of aryl methyl sites for hydroxylation is 1. The van der Waals surface area contributed by atoms with Crippen LogP contribution in [0.25, 0.3) is 0 Å². The predicted octanol–water partition coefficient (Wildman–Crippen LogP) is 3.92. The zero-order valence-electron chi connectivity index (χ0n) is 18.9. The number of hydrogen-bond donors (Lipinski definition) is 1. The Balaban J connectivity index is 1.30. The quantitative estimate of drug-likeness (QED) is 0.764. The van der Waals surface area contributed by atoms with E-state index in [0.29, 0.717) is 6.54 Å². The third-order valence-electron chi connectivity index (χ3n) is 6.34. The molecule has 1 aliphatic carbocycles. The van der Waals surface area contributed by atoms with Gasteiger partial charge < -0.3 is 15.0 Å². The molecule has 0 saturated carbocycles. The summed E-state index contributed by atoms with van der Waals surface area (Å²) >= 11 is 0. The lowest BCUT2D eigenvalue weighted by Gasteiger charge is -2.31. The summed E-state index contributed by atoms with van der Waals surface area (Å²) in [6.07, 6.45) is 6.92. The van der Waals surface area contributed by atoms with Crippen LogP contribution in [0, 0.1) is 11.8 Å². The predicted molar refractivity (Wildman–Crippen MR) is 122 cm³/mol. The van der Waals surface area contributed by atoms with Gasteiger partial charge in [0.2, 0.25) is 11.9 Å². The van der Waals surface area contributed by atoms with Crippen LogP contribution in [-0.2, 0) is 24.2 Å². The van der Waals surface area contributed by atoms with Gasteiger partial charge in [0.1, 0.15) is 5.75 Å². The number of rotatable bonds is 6. The SMILES string of the molecule is CC1CCN(c2ncc3c(n2)CCC(C(=O)NCc2ccc(OC(C)C)cc2)C3)CC1. The molecule has 1 saturated heterocycles. The van der Waals surface area contributed by atoms with Crippen LogP contribution in [0.2, 0.25) is 0 Å². The fourth-order valence-corrected chi connectivity index (χ4v) is 4.37. The Kier molecular flexibility index (Phi) is 6.73. The molecule has 31 heavy (non-hydrogen) atoms. The van der Waals surface area contributed by atoms with Gasteiger partial charge in [0, 0.05) is 37.4 Å². The fraction of sp³-hybridized carbons (Fsp3) is 0.560. The lowest BCUT2D eigenvalue weighted by molar-refractivity contribution is -0.125. The first kappa shape index (κ1) is 21.6. The Bertz CT molecular complexity index is 889. The first-order valence-electron chi connectivity index (χ1n) is 11.6. The number of carbonyl (C=O) groups excluding carboxylic acids is 1. The van der Waals surface area contributed by atoms with E-state index in [0.717, 1.165) is 66.8 Å². The molecule has 0 spiro atoms. The van der Waals surface area contributed by atoms with Gasteiger partial charge in [-0.25, -0.2) is 9.97 Å². The van der Waals surface area contributed by atoms with E-state index in [-0.39, 0.29) is 17.9 Å². The van der Waals surface area contributed by atoms with Crippen molar-refractivity contribution in [1.82, 2.24) is 15.3 Å². The molecule has 6 heteroatoms. The van der Waals surface area contributed by atoms with Crippen LogP contribution in [0.4, 0.5) is 5.95 Å². The first-order valence-corrected chi connectivity index (χ1v) is 11.6. The number of nitrogens with one attached hydrogen (secondary N) is 1. The topological polar surface area (TPSA) is 67.4 Å². The van der Waals surface area contributed by atoms with Crippen LogP contribution in [-0.4, -0.2) is 35.1 Å². The van der Waals surface area contributed by atoms with E-state index in [1.807, 2.05) is 44.3 Å². The van der Waals surface area contributed by atoms with Crippen molar-refractivity contribution >= 4 is 11.9 Å². The average Bonchev–Trinajstić information content (AvgIpc) is 2.78. The van der Waals surface area contributed by atoms with Gasteiger partial charge in [-0.1, -0.05) is 19.1 Å². The minimum Gasteiger partial charge on any atom is -0.491 e. The molecule has 166 valence electrons. The van der Waals surface area contributed by atoms with Crippen molar-refractivity contribution in [3.8, 4) is 5.75 Å². The molecule has 0 radical (unpaired) electrons. The van der Waals surface area contributed by atoms with Crippen molar-refractivity contribution in [3.05, 3.63) is 47.3 Å². The number of hydrogen-bond acceptors (Lipinski definition) is 5. The maximum atomic E-state index is 12.8. The highest BCUT2D eigenvalue weighted by molar-refractivity contribution is 5.79. The Hall–Kier alpha value is -2.63. The Morgan fingerprint density at radius 3 is 2.65 bits per heavy atom. The largest absolute Gasteiger partial charge is 0.491 e. The number of carbonyl (C=O) groups is 1. The second kappa shape index (κ2) is 9.67. The molecule has 1 aliphatic heterocycles. The summed E-state index contributed by atoms with van der Waals surface area (Å²) < 4.78 is 5.67. The number of aromatic nitrogens is 2. The number of nitrogens with zero attached hydrogens (tertiary/aromatic N) is 3. The zero-order valence-corrected chi connectivity index (χ0v) is 18.9. The van der Waals surface area contributed by atoms with Crippen molar-refractivity contribution in [2.75, 3.05) is 18.0 Å². The standard InChI is InChI=1S/C25H34N4O2/c1-17(2)31-22-7-4-19(5-8-22)15-26-24(30)20-6-9-23-21(14-20)16-27-25(28-23)29-12-10-18(3)11-13-29/h4-5,7-8,16-18,20H,6,9-15H2,1-3H3,(H,26,30). The summed E-state index contributed by atoms with van der Waals surface area (Å²) in [6, 6.07) is 7.92. The lowest BCUT2D eigenvalue weighted by atomic mass is 9.86. The maximum absolute atomic E-state index is 12.8. The molecule has 1 N–H and O–H groups in total. The smallest absolute Gasteiger partial charge is 0.225 e. The summed E-state index contributed by atoms with van der Waals surface area (Å²) in [4.78, 5) is 24.5. The monoisotopic (exact) mass is 422 g/mol. The molecule has 1 atom stereocenters. The van der Waals surface area contributed by atoms with E-state index in [1.54, 1.807) is 0 Å². The highest BCUT2D eigenvalue weighted by atomic mass is 16.5. The van der Waals surface area contributed by atoms with Crippen LogP contribution in [0.5, 0.6) is 5.75 Å². The minimum absolute atomic E-state index is 0.0127. The average molecular weight is 423 g/mol. The second-order valence-electron chi connectivity index (χ2n) is 9.28. The van der Waals surface area contributed by atoms with Gasteiger partial charge in [0.05, 0.1) is 6.10 Å². The number of anilines is 1. The van der Waals surface area contributed by atoms with Gasteiger partial charge in [0.25, 0.3) is 0 Å². The summed E-state index contributed by atoms with van der Waals surface area (Å²) in [6.45, 7) is 8.94. The highest BCUT2D eigenvalue weighted by Crippen LogP contribution is 2.27. The number of fused-ring (bicyclic) bond motifs is 1. The maximum Gasteiger partial charge on any atom is 0.225 e. The molecule has 2 aliphatic rings. The van der Waals surface area contributed by atoms with Gasteiger partial charge in [-0.2, -0.15) is 0 Å². The minimum atomic E-state index is -0.0127. The first-order chi connectivity index (χ1) is 15.0. The third kappa shape index (κ3) is 5.54. The molecule has 0 bridgehead atoms. The van der Waals surface area contributed by atoms with Crippen LogP contribution in [0.3, 0.4) is 0 Å². The molecule has 6 nitrogen and oxygen atoms in total. The molecule has 1 aromatic carbocycles. The van der Waals surface area contributed by atoms with Crippen LogP contribution < -0.4 is 15.0 Å². The normalized spacial score (nSPS) is 19.2. The van der Waals surface area contributed by atoms with E-state index >= 15 is 0 Å². The summed E-state index contributed by atoms with van der Waals surface area (Å²) in [5, 5.41) is 3.10. The molecule has 1 aromatic heterocycles. The van der Waals surface area contributed by atoms with Gasteiger partial charge >= 0.3 is 0 Å². The van der Waals surface area contributed by atoms with Gasteiger partial charge in [-0.3, -0.25) is 4.79 Å². The summed E-state index contributed by atoms with van der Waals surface area (Å²) in [5.41, 5.74) is 3.31. The molecular weight excluding hydrogens is 388 g/mol. The molecule has 1 unspecified atom stereocenters. The number of amides is 1. The Labute approximate surface area is 185 Å². The summed E-state index contributed by atoms with van der Waals surface area (Å²) in [5.74, 6) is 2.61. The fourth-order valence-electron chi connectivity index (χ4n) is 4.37. The van der Waals surface area contributed by atoms with Crippen molar-refractivity contribution in [2.45, 2.75) is 65.5 Å². The summed E-state index contributed by atoms with van der Waals surface area (Å²) in [7, 11) is 0. The van der Waals surface area contributed by atoms with Gasteiger partial charge in [-0.15, -0.1) is 0 Å². The van der Waals surface area contributed by atoms with Crippen LogP contribution in [0.15, 0.2) is 30.5 Å². The molecule has 2 heterocycles. The molecular formula is C25H34N4O2. The number of ether oxygens (including phenoxy) is 1. The van der Waals surface area contributed by atoms with Crippen molar-refractivity contribution in [3.63, 3.8) is 0 Å². The van der Waals surface area contributed by atoms with Crippen LogP contribution in [0.1, 0.15) is 56.9 Å². The van der Waals surface area contributed by atoms with E-state index in [1.165, 1.54) is 12.8 Å². The van der Waals surface area contributed by atoms with Crippen molar-refractivity contribution < 1.29 is 9.53 Å². The Morgan fingerprint density at radius 2 is 1.94 bits per heavy atom. The van der Waals surface area contributed by atoms with E-state index in [2.05, 4.69) is 22.1 Å². The van der Waals surface area contributed by atoms with E-state index in [9.17, 15) is 4.79 Å². The lowest BCUT2D eigenvalue weighted by Crippen LogP contribution is -2.36. The third-order valence-corrected chi connectivity index (χ3v) is 6.34. The van der Waals surface area contributed by atoms with E-state index in [4.69, 9.17) is 9.72 Å². The van der Waals surface area contributed by atoms with Gasteiger partial charge in [0.15, 0.2) is 0 Å². The number of benzene rings is 1. The number of piperidine rings is 1. The Morgan fingerprint density at radius 1 is 1.19 bits per heavy atom. The molecule has 1 amide bonds. The zero-order chi connectivity index (χ0) is 21.8. The molecule has 2 aromatic rings. The highest BCUT2D eigenvalue weighted by Gasteiger charge is 2.27. The molecule has 1 fully saturated rings. The van der Waals surface area contributed by atoms with Crippen molar-refractivity contribution in [2.24, 2.45) is 11.8 Å². The molecule has 4 rings (SSSR count). The second-order valence-corrected chi connectivity index (χ2v) is 9.28.